The van der Waals surface area contributed by atoms with Gasteiger partial charge >= 0.3 is 11.9 Å². The van der Waals surface area contributed by atoms with Gasteiger partial charge in [-0.3, -0.25) is 14.2 Å². The van der Waals surface area contributed by atoms with Crippen LogP contribution >= 0.6 is 7.82 Å². The Bertz CT molecular complexity index is 830. The molecule has 0 aromatic carbocycles. The van der Waals surface area contributed by atoms with Gasteiger partial charge in [0, 0.05) is 12.8 Å². The van der Waals surface area contributed by atoms with Crippen molar-refractivity contribution in [1.82, 2.24) is 0 Å². The van der Waals surface area contributed by atoms with Gasteiger partial charge in [0.1, 0.15) is 19.8 Å². The van der Waals surface area contributed by atoms with Crippen molar-refractivity contribution in [2.75, 3.05) is 47.5 Å². The fourth-order valence-corrected chi connectivity index (χ4v) is 5.73. The lowest BCUT2D eigenvalue weighted by molar-refractivity contribution is -0.870. The molecular formula is C37H72NO8P. The Hall–Kier alpha value is -1.25. The van der Waals surface area contributed by atoms with E-state index in [1.54, 1.807) is 0 Å². The molecule has 2 atom stereocenters. The first-order chi connectivity index (χ1) is 22.5. The monoisotopic (exact) mass is 689 g/mol. The Labute approximate surface area is 288 Å². The van der Waals surface area contributed by atoms with E-state index in [4.69, 9.17) is 18.5 Å². The van der Waals surface area contributed by atoms with E-state index in [0.717, 1.165) is 51.4 Å². The number of carbonyl (C=O) groups is 2. The number of hydrogen-bond donors (Lipinski definition) is 0. The SMILES string of the molecule is CCCCC/C=C\CCCCCCCC(=O)OC[C@H](COP(=O)([O-])OCC[N+](C)(C)C)OC(=O)CCCCCCCCCCCCC. The maximum atomic E-state index is 12.6. The molecule has 0 amide bonds. The molecule has 0 saturated carbocycles. The van der Waals surface area contributed by atoms with Crippen LogP contribution in [0.15, 0.2) is 12.2 Å². The second-order valence-electron chi connectivity index (χ2n) is 13.9. The summed E-state index contributed by atoms with van der Waals surface area (Å²) in [5.74, 6) is -0.844. The van der Waals surface area contributed by atoms with Gasteiger partial charge in [0.15, 0.2) is 6.10 Å². The van der Waals surface area contributed by atoms with Gasteiger partial charge in [-0.15, -0.1) is 0 Å². The second kappa shape index (κ2) is 30.8. The molecule has 1 unspecified atom stereocenters. The molecule has 0 aliphatic rings. The molecule has 0 saturated heterocycles. The van der Waals surface area contributed by atoms with Crippen LogP contribution in [0, 0.1) is 0 Å². The van der Waals surface area contributed by atoms with Crippen molar-refractivity contribution < 1.29 is 42.1 Å². The third-order valence-electron chi connectivity index (χ3n) is 8.04. The Balaban J connectivity index is 4.45. The smallest absolute Gasteiger partial charge is 0.306 e. The first-order valence-corrected chi connectivity index (χ1v) is 20.4. The molecule has 278 valence electrons. The van der Waals surface area contributed by atoms with Crippen molar-refractivity contribution in [2.24, 2.45) is 0 Å². The Kier molecular flexibility index (Phi) is 30.0. The van der Waals surface area contributed by atoms with Gasteiger partial charge in [-0.2, -0.15) is 0 Å². The maximum absolute atomic E-state index is 12.6. The highest BCUT2D eigenvalue weighted by Crippen LogP contribution is 2.38. The van der Waals surface area contributed by atoms with Crippen molar-refractivity contribution in [3.8, 4) is 0 Å². The van der Waals surface area contributed by atoms with Crippen LogP contribution in [-0.4, -0.2) is 70.0 Å². The topological polar surface area (TPSA) is 111 Å². The predicted octanol–water partition coefficient (Wildman–Crippen LogP) is 9.22. The summed E-state index contributed by atoms with van der Waals surface area (Å²) in [6.45, 7) is 4.17. The quantitative estimate of drug-likeness (QED) is 0.0216. The number of nitrogens with zero attached hydrogens (tertiary/aromatic N) is 1. The van der Waals surface area contributed by atoms with E-state index in [-0.39, 0.29) is 26.1 Å². The number of hydrogen-bond acceptors (Lipinski definition) is 8. The van der Waals surface area contributed by atoms with Gasteiger partial charge in [0.25, 0.3) is 7.82 Å². The third kappa shape index (κ3) is 34.4. The zero-order valence-corrected chi connectivity index (χ0v) is 31.9. The number of quaternary nitrogens is 1. The predicted molar refractivity (Wildman–Crippen MR) is 190 cm³/mol. The fraction of sp³-hybridized carbons (Fsp3) is 0.892. The highest BCUT2D eigenvalue weighted by molar-refractivity contribution is 7.45. The molecule has 9 nitrogen and oxygen atoms in total. The van der Waals surface area contributed by atoms with Crippen LogP contribution in [0.4, 0.5) is 0 Å². The van der Waals surface area contributed by atoms with Crippen molar-refractivity contribution >= 4 is 19.8 Å². The summed E-state index contributed by atoms with van der Waals surface area (Å²) in [6, 6.07) is 0. The number of unbranched alkanes of at least 4 members (excludes halogenated alkanes) is 18. The maximum Gasteiger partial charge on any atom is 0.306 e. The molecule has 0 radical (unpaired) electrons. The van der Waals surface area contributed by atoms with E-state index in [1.165, 1.54) is 77.0 Å². The first kappa shape index (κ1) is 45.8. The normalized spacial score (nSPS) is 13.9. The van der Waals surface area contributed by atoms with E-state index in [9.17, 15) is 19.0 Å². The number of phosphoric ester groups is 1. The molecule has 10 heteroatoms. The number of allylic oxidation sites excluding steroid dienone is 2. The Morgan fingerprint density at radius 1 is 0.638 bits per heavy atom. The minimum Gasteiger partial charge on any atom is -0.756 e. The van der Waals surface area contributed by atoms with Crippen LogP contribution in [0.2, 0.25) is 0 Å². The molecule has 0 aromatic heterocycles. The molecule has 0 spiro atoms. The van der Waals surface area contributed by atoms with E-state index in [0.29, 0.717) is 17.4 Å². The van der Waals surface area contributed by atoms with Gasteiger partial charge in [-0.1, -0.05) is 122 Å². The number of likely N-dealkylation sites (N-methyl/N-ethyl adjacent to an activating group) is 1. The van der Waals surface area contributed by atoms with E-state index >= 15 is 0 Å². The summed E-state index contributed by atoms with van der Waals surface area (Å²) in [5.41, 5.74) is 0. The first-order valence-electron chi connectivity index (χ1n) is 18.9. The summed E-state index contributed by atoms with van der Waals surface area (Å²) in [7, 11) is 1.16. The molecule has 0 N–H and O–H groups in total. The van der Waals surface area contributed by atoms with E-state index in [2.05, 4.69) is 26.0 Å². The summed E-state index contributed by atoms with van der Waals surface area (Å²) in [5, 5.41) is 0. The Morgan fingerprint density at radius 2 is 1.09 bits per heavy atom. The number of phosphoric acid groups is 1. The molecular weight excluding hydrogens is 617 g/mol. The molecule has 0 aliphatic carbocycles. The number of ether oxygens (including phenoxy) is 2. The number of rotatable bonds is 34. The van der Waals surface area contributed by atoms with Crippen LogP contribution < -0.4 is 4.89 Å². The third-order valence-corrected chi connectivity index (χ3v) is 9.00. The second-order valence-corrected chi connectivity index (χ2v) is 15.4. The molecule has 0 rings (SSSR count). The van der Waals surface area contributed by atoms with Crippen molar-refractivity contribution in [1.29, 1.82) is 0 Å². The molecule has 0 aliphatic heterocycles. The summed E-state index contributed by atoms with van der Waals surface area (Å²) in [6.07, 6.45) is 28.1. The number of esters is 2. The fourth-order valence-electron chi connectivity index (χ4n) is 5.00. The zero-order chi connectivity index (χ0) is 35.1. The Morgan fingerprint density at radius 3 is 1.62 bits per heavy atom. The lowest BCUT2D eigenvalue weighted by Gasteiger charge is -2.28. The minimum absolute atomic E-state index is 0.0294. The minimum atomic E-state index is -4.61. The average Bonchev–Trinajstić information content (AvgIpc) is 3.01. The van der Waals surface area contributed by atoms with Crippen LogP contribution in [0.1, 0.15) is 162 Å². The van der Waals surface area contributed by atoms with Crippen LogP contribution in [0.25, 0.3) is 0 Å². The largest absolute Gasteiger partial charge is 0.756 e. The standard InChI is InChI=1S/C37H72NO8P/c1-6-8-10-12-14-16-18-20-21-23-25-27-29-36(39)43-33-35(34-45-47(41,42)44-32-31-38(3,4)5)46-37(40)30-28-26-24-22-19-17-15-13-11-9-7-2/h14,16,35H,6-13,15,17-34H2,1-5H3/b16-14-/t35-/m1/s1. The van der Waals surface area contributed by atoms with Gasteiger partial charge < -0.3 is 27.9 Å². The van der Waals surface area contributed by atoms with Gasteiger partial charge in [-0.25, -0.2) is 0 Å². The van der Waals surface area contributed by atoms with Crippen molar-refractivity contribution in [2.45, 2.75) is 168 Å². The zero-order valence-electron chi connectivity index (χ0n) is 31.0. The summed E-state index contributed by atoms with van der Waals surface area (Å²) >= 11 is 0. The van der Waals surface area contributed by atoms with Gasteiger partial charge in [0.05, 0.1) is 27.7 Å². The van der Waals surface area contributed by atoms with E-state index in [1.807, 2.05) is 21.1 Å². The summed E-state index contributed by atoms with van der Waals surface area (Å²) in [4.78, 5) is 37.2. The van der Waals surface area contributed by atoms with Crippen LogP contribution in [0.3, 0.4) is 0 Å². The van der Waals surface area contributed by atoms with Gasteiger partial charge in [0.2, 0.25) is 0 Å². The molecule has 0 fully saturated rings. The van der Waals surface area contributed by atoms with E-state index < -0.39 is 32.5 Å². The summed E-state index contributed by atoms with van der Waals surface area (Å²) < 4.78 is 33.7. The molecule has 0 heterocycles. The van der Waals surface area contributed by atoms with Crippen molar-refractivity contribution in [3.63, 3.8) is 0 Å². The highest BCUT2D eigenvalue weighted by atomic mass is 31.2. The molecule has 0 aromatic rings. The highest BCUT2D eigenvalue weighted by Gasteiger charge is 2.21. The van der Waals surface area contributed by atoms with Gasteiger partial charge in [-0.05, 0) is 38.5 Å². The average molecular weight is 690 g/mol. The molecule has 47 heavy (non-hydrogen) atoms. The lowest BCUT2D eigenvalue weighted by atomic mass is 10.1. The number of carbonyl (C=O) groups excluding carboxylic acids is 2. The van der Waals surface area contributed by atoms with Crippen molar-refractivity contribution in [3.05, 3.63) is 12.2 Å². The lowest BCUT2D eigenvalue weighted by Crippen LogP contribution is -2.37. The molecule has 0 bridgehead atoms. The van der Waals surface area contributed by atoms with Crippen LogP contribution in [0.5, 0.6) is 0 Å². The van der Waals surface area contributed by atoms with Crippen LogP contribution in [-0.2, 0) is 32.7 Å².